The van der Waals surface area contributed by atoms with E-state index < -0.39 is 5.97 Å². The number of nitrogens with one attached hydrogen (secondary N) is 1. The van der Waals surface area contributed by atoms with Crippen molar-refractivity contribution in [2.24, 2.45) is 0 Å². The van der Waals surface area contributed by atoms with Crippen LogP contribution in [0.1, 0.15) is 32.6 Å². The lowest BCUT2D eigenvalue weighted by atomic mass is 9.93. The van der Waals surface area contributed by atoms with Crippen LogP contribution in [0.2, 0.25) is 0 Å². The lowest BCUT2D eigenvalue weighted by Crippen LogP contribution is -2.55. The van der Waals surface area contributed by atoms with E-state index in [1.807, 2.05) is 6.92 Å². The van der Waals surface area contributed by atoms with Gasteiger partial charge in [0.25, 0.3) is 0 Å². The Hall–Kier alpha value is -1.30. The van der Waals surface area contributed by atoms with Crippen molar-refractivity contribution >= 4 is 12.0 Å². The highest BCUT2D eigenvalue weighted by Gasteiger charge is 2.37. The van der Waals surface area contributed by atoms with Crippen LogP contribution in [0.3, 0.4) is 0 Å². The highest BCUT2D eigenvalue weighted by molar-refractivity contribution is 5.81. The third-order valence-corrected chi connectivity index (χ3v) is 3.56. The quantitative estimate of drug-likeness (QED) is 0.780. The zero-order valence-electron chi connectivity index (χ0n) is 10.6. The first-order valence-corrected chi connectivity index (χ1v) is 6.38. The summed E-state index contributed by atoms with van der Waals surface area (Å²) in [5.41, 5.74) is -0.277. The molecule has 2 amide bonds. The summed E-state index contributed by atoms with van der Waals surface area (Å²) in [5, 5.41) is 11.8. The molecule has 1 saturated carbocycles. The monoisotopic (exact) mass is 256 g/mol. The van der Waals surface area contributed by atoms with E-state index in [9.17, 15) is 9.59 Å². The fourth-order valence-corrected chi connectivity index (χ4v) is 2.18. The smallest absolute Gasteiger partial charge is 0.323 e. The minimum atomic E-state index is -0.964. The van der Waals surface area contributed by atoms with Crippen molar-refractivity contribution in [2.45, 2.75) is 44.2 Å². The van der Waals surface area contributed by atoms with Gasteiger partial charge in [-0.3, -0.25) is 4.79 Å². The lowest BCUT2D eigenvalue weighted by Gasteiger charge is -2.36. The van der Waals surface area contributed by atoms with Crippen LogP contribution < -0.4 is 5.32 Å². The second kappa shape index (κ2) is 5.14. The fraction of sp³-hybridized carbons (Fsp3) is 0.833. The minimum absolute atomic E-state index is 0.101. The van der Waals surface area contributed by atoms with Crippen molar-refractivity contribution in [1.82, 2.24) is 10.2 Å². The topological polar surface area (TPSA) is 78.9 Å². The molecule has 1 heterocycles. The summed E-state index contributed by atoms with van der Waals surface area (Å²) >= 11 is 0. The summed E-state index contributed by atoms with van der Waals surface area (Å²) in [6.07, 6.45) is 3.34. The van der Waals surface area contributed by atoms with Gasteiger partial charge >= 0.3 is 12.0 Å². The molecule has 2 N–H and O–H groups in total. The first kappa shape index (κ1) is 13.1. The molecule has 1 saturated heterocycles. The van der Waals surface area contributed by atoms with Crippen LogP contribution >= 0.6 is 0 Å². The summed E-state index contributed by atoms with van der Waals surface area (Å²) < 4.78 is 5.27. The van der Waals surface area contributed by atoms with E-state index in [1.165, 1.54) is 4.90 Å². The molecule has 0 aromatic heterocycles. The average molecular weight is 256 g/mol. The van der Waals surface area contributed by atoms with Crippen molar-refractivity contribution in [2.75, 3.05) is 19.8 Å². The maximum absolute atomic E-state index is 12.1. The average Bonchev–Trinajstić information content (AvgIpc) is 3.09. The molecule has 18 heavy (non-hydrogen) atoms. The summed E-state index contributed by atoms with van der Waals surface area (Å²) in [7, 11) is 0. The number of nitrogens with zero attached hydrogens (tertiary/aromatic N) is 1. The number of carbonyl (C=O) groups is 2. The van der Waals surface area contributed by atoms with E-state index in [1.54, 1.807) is 0 Å². The van der Waals surface area contributed by atoms with Crippen LogP contribution in [-0.4, -0.2) is 53.3 Å². The standard InChI is InChI=1S/C12H20N2O4/c1-12(4-6-18-7-5-12)13-11(17)14(8-10(15)16)9-2-3-9/h9H,2-8H2,1H3,(H,13,17)(H,15,16). The maximum Gasteiger partial charge on any atom is 0.323 e. The molecule has 0 spiro atoms. The predicted molar refractivity (Wildman–Crippen MR) is 64.4 cm³/mol. The number of carboxylic acid groups (broad SMARTS) is 1. The zero-order valence-corrected chi connectivity index (χ0v) is 10.6. The molecule has 0 radical (unpaired) electrons. The molecule has 6 heteroatoms. The Balaban J connectivity index is 1.93. The van der Waals surface area contributed by atoms with Crippen LogP contribution in [-0.2, 0) is 9.53 Å². The number of carbonyl (C=O) groups excluding carboxylic acids is 1. The fourth-order valence-electron chi connectivity index (χ4n) is 2.18. The number of aliphatic carboxylic acids is 1. The van der Waals surface area contributed by atoms with Gasteiger partial charge in [-0.2, -0.15) is 0 Å². The van der Waals surface area contributed by atoms with Gasteiger partial charge < -0.3 is 20.1 Å². The molecule has 2 rings (SSSR count). The van der Waals surface area contributed by atoms with Crippen LogP contribution in [0.15, 0.2) is 0 Å². The first-order valence-electron chi connectivity index (χ1n) is 6.38. The molecule has 1 aliphatic carbocycles. The number of rotatable bonds is 4. The largest absolute Gasteiger partial charge is 0.480 e. The third kappa shape index (κ3) is 3.35. The van der Waals surface area contributed by atoms with Gasteiger partial charge in [0.1, 0.15) is 6.54 Å². The number of amides is 2. The third-order valence-electron chi connectivity index (χ3n) is 3.56. The molecule has 0 aromatic rings. The Kier molecular flexibility index (Phi) is 3.75. The summed E-state index contributed by atoms with van der Waals surface area (Å²) in [6.45, 7) is 3.04. The Morgan fingerprint density at radius 3 is 2.50 bits per heavy atom. The van der Waals surface area contributed by atoms with Gasteiger partial charge in [-0.05, 0) is 32.6 Å². The number of ether oxygens (including phenoxy) is 1. The normalized spacial score (nSPS) is 22.3. The molecule has 2 fully saturated rings. The van der Waals surface area contributed by atoms with E-state index >= 15 is 0 Å². The highest BCUT2D eigenvalue weighted by atomic mass is 16.5. The second-order valence-corrected chi connectivity index (χ2v) is 5.36. The van der Waals surface area contributed by atoms with Crippen molar-refractivity contribution < 1.29 is 19.4 Å². The van der Waals surface area contributed by atoms with Gasteiger partial charge in [0, 0.05) is 24.8 Å². The van der Waals surface area contributed by atoms with E-state index in [4.69, 9.17) is 9.84 Å². The predicted octanol–water partition coefficient (Wildman–Crippen LogP) is 0.814. The Morgan fingerprint density at radius 1 is 1.39 bits per heavy atom. The molecular weight excluding hydrogens is 236 g/mol. The Morgan fingerprint density at radius 2 is 2.00 bits per heavy atom. The molecule has 1 aliphatic heterocycles. The molecule has 0 aromatic carbocycles. The number of hydrogen-bond donors (Lipinski definition) is 2. The number of carboxylic acids is 1. The van der Waals surface area contributed by atoms with Gasteiger partial charge in [0.2, 0.25) is 0 Å². The van der Waals surface area contributed by atoms with Gasteiger partial charge in [-0.15, -0.1) is 0 Å². The van der Waals surface area contributed by atoms with Crippen molar-refractivity contribution in [3.63, 3.8) is 0 Å². The van der Waals surface area contributed by atoms with Crippen molar-refractivity contribution in [1.29, 1.82) is 0 Å². The van der Waals surface area contributed by atoms with E-state index in [0.717, 1.165) is 25.7 Å². The molecule has 0 atom stereocenters. The van der Waals surface area contributed by atoms with Gasteiger partial charge in [-0.1, -0.05) is 0 Å². The molecule has 0 unspecified atom stereocenters. The highest BCUT2D eigenvalue weighted by Crippen LogP contribution is 2.28. The first-order chi connectivity index (χ1) is 8.50. The molecule has 0 bridgehead atoms. The molecular formula is C12H20N2O4. The van der Waals surface area contributed by atoms with Gasteiger partial charge in [0.05, 0.1) is 0 Å². The summed E-state index contributed by atoms with van der Waals surface area (Å²) in [5.74, 6) is -0.964. The van der Waals surface area contributed by atoms with E-state index in [-0.39, 0.29) is 24.2 Å². The van der Waals surface area contributed by atoms with Gasteiger partial charge in [-0.25, -0.2) is 4.79 Å². The molecule has 2 aliphatic rings. The molecule has 6 nitrogen and oxygen atoms in total. The van der Waals surface area contributed by atoms with Crippen LogP contribution in [0.4, 0.5) is 4.79 Å². The number of urea groups is 1. The summed E-state index contributed by atoms with van der Waals surface area (Å²) in [6, 6.07) is -0.158. The Labute approximate surface area is 106 Å². The van der Waals surface area contributed by atoms with Gasteiger partial charge in [0.15, 0.2) is 0 Å². The summed E-state index contributed by atoms with van der Waals surface area (Å²) in [4.78, 5) is 24.4. The van der Waals surface area contributed by atoms with Crippen LogP contribution in [0.5, 0.6) is 0 Å². The number of hydrogen-bond acceptors (Lipinski definition) is 3. The van der Waals surface area contributed by atoms with Crippen LogP contribution in [0, 0.1) is 0 Å². The van der Waals surface area contributed by atoms with E-state index in [2.05, 4.69) is 5.32 Å². The minimum Gasteiger partial charge on any atom is -0.480 e. The lowest BCUT2D eigenvalue weighted by molar-refractivity contribution is -0.137. The van der Waals surface area contributed by atoms with Crippen molar-refractivity contribution in [3.05, 3.63) is 0 Å². The second-order valence-electron chi connectivity index (χ2n) is 5.36. The maximum atomic E-state index is 12.1. The SMILES string of the molecule is CC1(NC(=O)N(CC(=O)O)C2CC2)CCOCC1. The Bertz CT molecular complexity index is 335. The zero-order chi connectivity index (χ0) is 13.2. The van der Waals surface area contributed by atoms with Crippen molar-refractivity contribution in [3.8, 4) is 0 Å². The molecule has 102 valence electrons. The van der Waals surface area contributed by atoms with E-state index in [0.29, 0.717) is 13.2 Å². The van der Waals surface area contributed by atoms with Crippen LogP contribution in [0.25, 0.3) is 0 Å².